The molecule has 3 atom stereocenters. The second-order valence-electron chi connectivity index (χ2n) is 10.1. The van der Waals surface area contributed by atoms with Gasteiger partial charge in [0.05, 0.1) is 17.5 Å². The summed E-state index contributed by atoms with van der Waals surface area (Å²) in [7, 11) is 4.11. The van der Waals surface area contributed by atoms with Crippen LogP contribution in [0, 0.1) is 23.2 Å². The first kappa shape index (κ1) is 25.7. The third-order valence-electron chi connectivity index (χ3n) is 6.53. The Morgan fingerprint density at radius 3 is 2.74 bits per heavy atom. The molecule has 8 heteroatoms. The molecule has 1 fully saturated rings. The number of benzene rings is 1. The van der Waals surface area contributed by atoms with Crippen molar-refractivity contribution in [2.24, 2.45) is 11.8 Å². The molecule has 184 valence electrons. The third-order valence-corrected chi connectivity index (χ3v) is 6.53. The van der Waals surface area contributed by atoms with Gasteiger partial charge in [0.1, 0.15) is 6.04 Å². The van der Waals surface area contributed by atoms with Gasteiger partial charge in [-0.1, -0.05) is 26.7 Å². The Morgan fingerprint density at radius 2 is 2.03 bits per heavy atom. The van der Waals surface area contributed by atoms with E-state index in [0.29, 0.717) is 24.3 Å². The van der Waals surface area contributed by atoms with E-state index in [4.69, 9.17) is 0 Å². The van der Waals surface area contributed by atoms with Crippen molar-refractivity contribution < 1.29 is 9.59 Å². The molecule has 1 aromatic heterocycles. The number of hydrogen-bond donors (Lipinski definition) is 3. The molecular formula is C26H38N6O2. The summed E-state index contributed by atoms with van der Waals surface area (Å²) < 4.78 is 0. The van der Waals surface area contributed by atoms with Crippen LogP contribution in [0.5, 0.6) is 0 Å². The van der Waals surface area contributed by atoms with Crippen molar-refractivity contribution in [1.29, 1.82) is 5.26 Å². The summed E-state index contributed by atoms with van der Waals surface area (Å²) in [6.07, 6.45) is 5.87. The van der Waals surface area contributed by atoms with Crippen LogP contribution in [0.4, 0.5) is 0 Å². The fourth-order valence-electron chi connectivity index (χ4n) is 4.73. The molecule has 0 aliphatic heterocycles. The van der Waals surface area contributed by atoms with Gasteiger partial charge in [0.15, 0.2) is 0 Å². The second kappa shape index (κ2) is 12.0. The molecule has 1 aliphatic rings. The van der Waals surface area contributed by atoms with E-state index in [2.05, 4.69) is 45.9 Å². The first-order valence-electron chi connectivity index (χ1n) is 12.4. The van der Waals surface area contributed by atoms with Crippen molar-refractivity contribution in [2.75, 3.05) is 20.6 Å². The SMILES string of the molecule is CC(C)C[C@@H](C#N)NC(=O)[C@@H]1CCCC[C@@H]1NC(=O)c1ccc2n[nH]c(CCCN(C)C)c2c1. The summed E-state index contributed by atoms with van der Waals surface area (Å²) in [6, 6.07) is 7.00. The van der Waals surface area contributed by atoms with Crippen molar-refractivity contribution in [3.05, 3.63) is 29.5 Å². The number of rotatable bonds is 10. The average Bonchev–Trinajstić information content (AvgIpc) is 3.20. The zero-order valence-electron chi connectivity index (χ0n) is 20.9. The number of aromatic nitrogens is 2. The largest absolute Gasteiger partial charge is 0.349 e. The zero-order chi connectivity index (χ0) is 24.7. The standard InChI is InChI=1S/C26H38N6O2/c1-17(2)14-19(16-27)28-26(34)20-8-5-6-9-22(20)29-25(33)18-11-12-24-21(15-18)23(30-31-24)10-7-13-32(3)4/h11-12,15,17,19-20,22H,5-10,13-14H2,1-4H3,(H,28,34)(H,29,33)(H,30,31)/t19-,20+,22-/m0/s1. The van der Waals surface area contributed by atoms with Gasteiger partial charge in [-0.3, -0.25) is 14.7 Å². The number of fused-ring (bicyclic) bond motifs is 1. The first-order chi connectivity index (χ1) is 16.3. The molecule has 1 heterocycles. The van der Waals surface area contributed by atoms with Crippen LogP contribution in [-0.2, 0) is 11.2 Å². The van der Waals surface area contributed by atoms with E-state index >= 15 is 0 Å². The number of carbonyl (C=O) groups excluding carboxylic acids is 2. The van der Waals surface area contributed by atoms with Crippen LogP contribution in [0.2, 0.25) is 0 Å². The van der Waals surface area contributed by atoms with E-state index < -0.39 is 6.04 Å². The van der Waals surface area contributed by atoms with E-state index in [9.17, 15) is 14.9 Å². The summed E-state index contributed by atoms with van der Waals surface area (Å²) in [5.41, 5.74) is 2.45. The van der Waals surface area contributed by atoms with Crippen LogP contribution < -0.4 is 10.6 Å². The minimum Gasteiger partial charge on any atom is -0.349 e. The zero-order valence-corrected chi connectivity index (χ0v) is 20.9. The van der Waals surface area contributed by atoms with Crippen LogP contribution >= 0.6 is 0 Å². The lowest BCUT2D eigenvalue weighted by Gasteiger charge is -2.32. The number of hydrogen-bond acceptors (Lipinski definition) is 5. The minimum atomic E-state index is -0.500. The lowest BCUT2D eigenvalue weighted by Crippen LogP contribution is -2.50. The maximum atomic E-state index is 13.2. The normalized spacial score (nSPS) is 19.2. The van der Waals surface area contributed by atoms with Gasteiger partial charge in [-0.2, -0.15) is 10.4 Å². The molecule has 1 saturated carbocycles. The quantitative estimate of drug-likeness (QED) is 0.497. The highest BCUT2D eigenvalue weighted by Gasteiger charge is 2.33. The first-order valence-corrected chi connectivity index (χ1v) is 12.4. The Balaban J connectivity index is 1.69. The maximum Gasteiger partial charge on any atom is 0.251 e. The summed E-state index contributed by atoms with van der Waals surface area (Å²) in [4.78, 5) is 28.3. The molecule has 0 saturated heterocycles. The third kappa shape index (κ3) is 6.80. The molecule has 34 heavy (non-hydrogen) atoms. The molecule has 1 aromatic carbocycles. The highest BCUT2D eigenvalue weighted by atomic mass is 16.2. The fourth-order valence-corrected chi connectivity index (χ4v) is 4.73. The van der Waals surface area contributed by atoms with Crippen molar-refractivity contribution in [1.82, 2.24) is 25.7 Å². The van der Waals surface area contributed by atoms with Gasteiger partial charge in [-0.25, -0.2) is 0 Å². The van der Waals surface area contributed by atoms with E-state index in [1.807, 2.05) is 26.0 Å². The molecule has 1 aliphatic carbocycles. The Hall–Kier alpha value is -2.92. The van der Waals surface area contributed by atoms with Crippen LogP contribution in [0.1, 0.15) is 68.4 Å². The average molecular weight is 467 g/mol. The molecule has 0 spiro atoms. The Bertz CT molecular complexity index is 1020. The number of H-pyrrole nitrogens is 1. The lowest BCUT2D eigenvalue weighted by atomic mass is 9.83. The summed E-state index contributed by atoms with van der Waals surface area (Å²) in [6.45, 7) is 5.05. The monoisotopic (exact) mass is 466 g/mol. The van der Waals surface area contributed by atoms with Gasteiger partial charge in [0, 0.05) is 22.7 Å². The van der Waals surface area contributed by atoms with Gasteiger partial charge >= 0.3 is 0 Å². The second-order valence-corrected chi connectivity index (χ2v) is 10.1. The van der Waals surface area contributed by atoms with Crippen LogP contribution in [0.3, 0.4) is 0 Å². The predicted octanol–water partition coefficient (Wildman–Crippen LogP) is 3.40. The molecule has 0 radical (unpaired) electrons. The number of aromatic amines is 1. The summed E-state index contributed by atoms with van der Waals surface area (Å²) >= 11 is 0. The highest BCUT2D eigenvalue weighted by Crippen LogP contribution is 2.26. The summed E-state index contributed by atoms with van der Waals surface area (Å²) in [5.74, 6) is -0.311. The number of carbonyl (C=O) groups is 2. The van der Waals surface area contributed by atoms with Crippen molar-refractivity contribution in [3.8, 4) is 6.07 Å². The van der Waals surface area contributed by atoms with Gasteiger partial charge in [0.2, 0.25) is 5.91 Å². The fraction of sp³-hybridized carbons (Fsp3) is 0.615. The Labute approximate surface area is 202 Å². The maximum absolute atomic E-state index is 13.2. The molecule has 2 amide bonds. The number of nitrogens with zero attached hydrogens (tertiary/aromatic N) is 3. The minimum absolute atomic E-state index is 0.134. The van der Waals surface area contributed by atoms with Crippen LogP contribution in [0.25, 0.3) is 10.9 Å². The number of aryl methyl sites for hydroxylation is 1. The van der Waals surface area contributed by atoms with Crippen molar-refractivity contribution >= 4 is 22.7 Å². The van der Waals surface area contributed by atoms with Crippen LogP contribution in [0.15, 0.2) is 18.2 Å². The van der Waals surface area contributed by atoms with E-state index in [1.165, 1.54) is 0 Å². The van der Waals surface area contributed by atoms with Gasteiger partial charge in [-0.05, 0) is 76.9 Å². The summed E-state index contributed by atoms with van der Waals surface area (Å²) in [5, 5.41) is 23.9. The van der Waals surface area contributed by atoms with E-state index in [0.717, 1.165) is 55.2 Å². The molecule has 3 rings (SSSR count). The number of nitriles is 1. The molecule has 8 nitrogen and oxygen atoms in total. The number of nitrogens with one attached hydrogen (secondary N) is 3. The molecule has 0 unspecified atom stereocenters. The van der Waals surface area contributed by atoms with Gasteiger partial charge in [0.25, 0.3) is 5.91 Å². The molecule has 0 bridgehead atoms. The molecular weight excluding hydrogens is 428 g/mol. The van der Waals surface area contributed by atoms with E-state index in [-0.39, 0.29) is 23.8 Å². The van der Waals surface area contributed by atoms with Crippen LogP contribution in [-0.4, -0.2) is 59.6 Å². The van der Waals surface area contributed by atoms with Crippen molar-refractivity contribution in [3.63, 3.8) is 0 Å². The van der Waals surface area contributed by atoms with Crippen molar-refractivity contribution in [2.45, 2.75) is 70.9 Å². The predicted molar refractivity (Wildman–Crippen MR) is 133 cm³/mol. The Morgan fingerprint density at radius 1 is 1.26 bits per heavy atom. The smallest absolute Gasteiger partial charge is 0.251 e. The molecule has 2 aromatic rings. The molecule has 3 N–H and O–H groups in total. The van der Waals surface area contributed by atoms with Gasteiger partial charge < -0.3 is 15.5 Å². The lowest BCUT2D eigenvalue weighted by molar-refractivity contribution is -0.127. The highest BCUT2D eigenvalue weighted by molar-refractivity contribution is 5.99. The van der Waals surface area contributed by atoms with E-state index in [1.54, 1.807) is 6.07 Å². The number of amides is 2. The Kier molecular flexibility index (Phi) is 9.05. The topological polar surface area (TPSA) is 114 Å². The van der Waals surface area contributed by atoms with Gasteiger partial charge in [-0.15, -0.1) is 0 Å².